The first-order valence-electron chi connectivity index (χ1n) is 32.6. The highest BCUT2D eigenvalue weighted by molar-refractivity contribution is 8.76. The van der Waals surface area contributed by atoms with Gasteiger partial charge in [-0.15, -0.1) is 0 Å². The summed E-state index contributed by atoms with van der Waals surface area (Å²) in [4.78, 5) is 92.2. The second-order valence-electron chi connectivity index (χ2n) is 22.8. The van der Waals surface area contributed by atoms with Crippen LogP contribution in [0.1, 0.15) is 190 Å². The largest absolute Gasteiger partial charge is 0.371 e. The average molecular weight is 1230 g/mol. The highest BCUT2D eigenvalue weighted by atomic mass is 33.1. The number of benzene rings is 4. The molecule has 16 nitrogen and oxygen atoms in total. The van der Waals surface area contributed by atoms with Gasteiger partial charge >= 0.3 is 5.97 Å². The summed E-state index contributed by atoms with van der Waals surface area (Å²) in [5.74, 6) is 0.639. The maximum atomic E-state index is 14.1. The Morgan fingerprint density at radius 1 is 0.402 bits per heavy atom. The van der Waals surface area contributed by atoms with Gasteiger partial charge in [-0.2, -0.15) is 5.48 Å². The fraction of sp³-hybridized carbons (Fsp3) is 0.565. The van der Waals surface area contributed by atoms with Crippen LogP contribution in [0.25, 0.3) is 0 Å². The van der Waals surface area contributed by atoms with Crippen LogP contribution in [0.4, 0.5) is 22.7 Å². The lowest BCUT2D eigenvalue weighted by molar-refractivity contribution is -0.151. The van der Waals surface area contributed by atoms with E-state index in [2.05, 4.69) is 17.7 Å². The summed E-state index contributed by atoms with van der Waals surface area (Å²) < 4.78 is 0. The molecule has 0 spiro atoms. The normalized spacial score (nSPS) is 13.5. The van der Waals surface area contributed by atoms with Crippen LogP contribution in [-0.4, -0.2) is 106 Å². The van der Waals surface area contributed by atoms with E-state index in [-0.39, 0.29) is 81.3 Å². The third-order valence-electron chi connectivity index (χ3n) is 15.7. The minimum atomic E-state index is -0.527. The lowest BCUT2D eigenvalue weighted by Gasteiger charge is -2.26. The summed E-state index contributed by atoms with van der Waals surface area (Å²) in [6, 6.07) is 31.8. The van der Waals surface area contributed by atoms with Gasteiger partial charge in [-0.25, -0.2) is 0 Å². The van der Waals surface area contributed by atoms with Crippen molar-refractivity contribution in [2.75, 3.05) is 90.0 Å². The molecule has 0 saturated carbocycles. The molecule has 5 amide bonds. The van der Waals surface area contributed by atoms with Gasteiger partial charge in [0.15, 0.2) is 0 Å². The van der Waals surface area contributed by atoms with Crippen molar-refractivity contribution < 1.29 is 33.6 Å². The lowest BCUT2D eigenvalue weighted by Crippen LogP contribution is -2.35. The molecule has 0 fully saturated rings. The Balaban J connectivity index is 1.11. The molecule has 7 heterocycles. The zero-order chi connectivity index (χ0) is 62.1. The number of hydroxylamine groups is 1. The first-order valence-corrected chi connectivity index (χ1v) is 35.1. The van der Waals surface area contributed by atoms with Gasteiger partial charge in [0, 0.05) is 125 Å². The van der Waals surface area contributed by atoms with E-state index in [1.807, 2.05) is 97.1 Å². The molecule has 0 aliphatic carbocycles. The Hall–Kier alpha value is -5.76. The molecule has 0 unspecified atom stereocenters. The van der Waals surface area contributed by atoms with E-state index in [9.17, 15) is 28.8 Å². The van der Waals surface area contributed by atoms with Gasteiger partial charge in [-0.1, -0.05) is 167 Å². The number of hydrogen-bond acceptors (Lipinski definition) is 13. The monoisotopic (exact) mass is 1230 g/mol. The molecule has 0 atom stereocenters. The molecule has 4 aromatic carbocycles. The minimum absolute atomic E-state index is 0.0528. The SMILES string of the molecule is CCCCCCCCCCCCCCCCCC(=O)NCCSSCCNOC(=O)CCC(=O)N1CCCCN(C(=O)CCN)c2ccc(cc2)Cc2ccc(cc2)N(C(=O)CCN)CCCCN(C(=O)CCN)c2ccc(cc2)Cc2ccc1cc2. The Bertz CT molecular complexity index is 2590. The fourth-order valence-corrected chi connectivity index (χ4v) is 12.6. The van der Waals surface area contributed by atoms with Crippen LogP contribution >= 0.6 is 21.6 Å². The lowest BCUT2D eigenvalue weighted by atomic mass is 10.0. The number of anilines is 4. The quantitative estimate of drug-likeness (QED) is 0.0170. The number of nitrogens with one attached hydrogen (secondary N) is 2. The van der Waals surface area contributed by atoms with Crippen molar-refractivity contribution in [1.82, 2.24) is 10.8 Å². The standard InChI is InChI=1S/C69H103N9O7S2/c1-2-3-4-5-6-7-8-9-10-11-12-13-14-15-16-21-64(79)73-46-52-86-87-53-47-74-85-69(84)39-38-65(80)75-48-17-18-49-76(66(81)40-43-70)61-32-26-58(27-33-61)55-59-28-36-63(37-29-59)78(68(83)42-45-72)51-20-19-50-77(67(82)41-44-71)62-34-24-57(25-35-62)54-56-22-30-60(75)31-23-56/h22-37,74H,2-21,38-55,70-72H2,1H3,(H,73,79). The highest BCUT2D eigenvalue weighted by Gasteiger charge is 2.22. The predicted molar refractivity (Wildman–Crippen MR) is 361 cm³/mol. The number of carbonyl (C=O) groups is 6. The maximum Gasteiger partial charge on any atom is 0.325 e. The maximum absolute atomic E-state index is 14.1. The van der Waals surface area contributed by atoms with E-state index in [1.165, 1.54) is 83.5 Å². The number of rotatable bonds is 33. The van der Waals surface area contributed by atoms with Crippen molar-refractivity contribution in [3.63, 3.8) is 0 Å². The number of carbonyl (C=O) groups excluding carboxylic acids is 6. The second-order valence-corrected chi connectivity index (χ2v) is 25.5. The number of hydrogen-bond donors (Lipinski definition) is 5. The second kappa shape index (κ2) is 43.8. The number of nitrogens with two attached hydrogens (primary N) is 3. The Morgan fingerprint density at radius 3 is 1.05 bits per heavy atom. The third kappa shape index (κ3) is 28.5. The van der Waals surface area contributed by atoms with Crippen molar-refractivity contribution >= 4 is 79.8 Å². The van der Waals surface area contributed by atoms with Crippen LogP contribution in [0.5, 0.6) is 0 Å². The molecule has 8 bridgehead atoms. The molecule has 0 radical (unpaired) electrons. The summed E-state index contributed by atoms with van der Waals surface area (Å²) in [6.45, 7) is 5.73. The van der Waals surface area contributed by atoms with Crippen LogP contribution < -0.4 is 47.6 Å². The highest BCUT2D eigenvalue weighted by Crippen LogP contribution is 2.26. The van der Waals surface area contributed by atoms with Gasteiger partial charge in [0.2, 0.25) is 29.5 Å². The van der Waals surface area contributed by atoms with Crippen LogP contribution in [-0.2, 0) is 46.4 Å². The predicted octanol–water partition coefficient (Wildman–Crippen LogP) is 12.1. The molecule has 11 rings (SSSR count). The van der Waals surface area contributed by atoms with Gasteiger partial charge in [-0.05, 0) is 116 Å². The zero-order valence-corrected chi connectivity index (χ0v) is 53.9. The van der Waals surface area contributed by atoms with Crippen molar-refractivity contribution in [3.8, 4) is 0 Å². The van der Waals surface area contributed by atoms with E-state index in [0.29, 0.717) is 95.7 Å². The van der Waals surface area contributed by atoms with E-state index in [0.717, 1.165) is 57.9 Å². The van der Waals surface area contributed by atoms with Gasteiger partial charge in [0.25, 0.3) is 0 Å². The van der Waals surface area contributed by atoms with Gasteiger partial charge in [0.1, 0.15) is 0 Å². The molecule has 87 heavy (non-hydrogen) atoms. The molecule has 4 aromatic rings. The van der Waals surface area contributed by atoms with Crippen LogP contribution in [0.15, 0.2) is 97.1 Å². The zero-order valence-electron chi connectivity index (χ0n) is 52.3. The van der Waals surface area contributed by atoms with Crippen molar-refractivity contribution in [2.24, 2.45) is 17.2 Å². The number of unbranched alkanes of at least 4 members (excludes halogenated alkanes) is 14. The topological polar surface area (TPSA) is 227 Å². The first kappa shape index (κ1) is 72.0. The van der Waals surface area contributed by atoms with Crippen LogP contribution in [0, 0.1) is 0 Å². The van der Waals surface area contributed by atoms with E-state index in [1.54, 1.807) is 41.2 Å². The van der Waals surface area contributed by atoms with Gasteiger partial charge in [-0.3, -0.25) is 28.8 Å². The molecule has 478 valence electrons. The van der Waals surface area contributed by atoms with E-state index < -0.39 is 5.97 Å². The minimum Gasteiger partial charge on any atom is -0.371 e. The number of amides is 5. The smallest absolute Gasteiger partial charge is 0.325 e. The molecule has 7 aliphatic rings. The Labute approximate surface area is 528 Å². The van der Waals surface area contributed by atoms with Crippen molar-refractivity contribution in [3.05, 3.63) is 119 Å². The summed E-state index contributed by atoms with van der Waals surface area (Å²) in [7, 11) is 3.30. The van der Waals surface area contributed by atoms with Crippen LogP contribution in [0.2, 0.25) is 0 Å². The van der Waals surface area contributed by atoms with Gasteiger partial charge < -0.3 is 47.0 Å². The summed E-state index contributed by atoms with van der Waals surface area (Å²) in [5, 5.41) is 3.04. The van der Waals surface area contributed by atoms with Crippen LogP contribution in [0.3, 0.4) is 0 Å². The molecule has 0 aromatic heterocycles. The Kier molecular flexibility index (Phi) is 36.3. The molecule has 7 aliphatic heterocycles. The molecule has 0 saturated heterocycles. The Morgan fingerprint density at radius 2 is 0.713 bits per heavy atom. The summed E-state index contributed by atoms with van der Waals surface area (Å²) in [6.07, 6.45) is 24.3. The molecule has 8 N–H and O–H groups in total. The van der Waals surface area contributed by atoms with E-state index >= 15 is 0 Å². The average Bonchev–Trinajstić information content (AvgIpc) is 3.11. The number of nitrogens with zero attached hydrogens (tertiary/aromatic N) is 4. The third-order valence-corrected chi connectivity index (χ3v) is 18.1. The summed E-state index contributed by atoms with van der Waals surface area (Å²) >= 11 is 0. The van der Waals surface area contributed by atoms with Gasteiger partial charge in [0.05, 0.1) is 6.42 Å². The summed E-state index contributed by atoms with van der Waals surface area (Å²) in [5.41, 5.74) is 27.5. The molecular formula is C69H103N9O7S2. The fourth-order valence-electron chi connectivity index (χ4n) is 10.8. The van der Waals surface area contributed by atoms with E-state index in [4.69, 9.17) is 22.0 Å². The molecular weight excluding hydrogens is 1130 g/mol. The van der Waals surface area contributed by atoms with Crippen molar-refractivity contribution in [2.45, 2.75) is 180 Å². The first-order chi connectivity index (χ1) is 42.5. The van der Waals surface area contributed by atoms with Crippen molar-refractivity contribution in [1.29, 1.82) is 0 Å². The molecule has 18 heteroatoms.